The number of rotatable bonds is 7. The minimum atomic E-state index is -0.232. The molecule has 282 valence electrons. The van der Waals surface area contributed by atoms with Crippen molar-refractivity contribution in [1.29, 1.82) is 0 Å². The Morgan fingerprint density at radius 2 is 1.26 bits per heavy atom. The van der Waals surface area contributed by atoms with E-state index in [1.54, 1.807) is 0 Å². The van der Waals surface area contributed by atoms with E-state index in [2.05, 4.69) is 212 Å². The number of pyridine rings is 1. The lowest BCUT2D eigenvalue weighted by atomic mass is 9.51. The molecule has 1 aromatic heterocycles. The first-order valence-corrected chi connectivity index (χ1v) is 20.8. The van der Waals surface area contributed by atoms with Gasteiger partial charge in [-0.1, -0.05) is 183 Å². The Labute approximate surface area is 343 Å². The van der Waals surface area contributed by atoms with Crippen molar-refractivity contribution in [3.63, 3.8) is 0 Å². The zero-order valence-corrected chi connectivity index (χ0v) is 33.3. The van der Waals surface area contributed by atoms with Gasteiger partial charge in [-0.2, -0.15) is 0 Å². The van der Waals surface area contributed by atoms with Crippen LogP contribution in [0.15, 0.2) is 217 Å². The molecule has 10 rings (SSSR count). The number of nitrogens with zero attached hydrogens (tertiary/aromatic N) is 1. The smallest absolute Gasteiger partial charge is 0.0701 e. The highest BCUT2D eigenvalue weighted by Gasteiger charge is 2.51. The van der Waals surface area contributed by atoms with Gasteiger partial charge in [-0.25, -0.2) is 0 Å². The topological polar surface area (TPSA) is 24.9 Å². The van der Waals surface area contributed by atoms with Gasteiger partial charge in [0, 0.05) is 28.5 Å². The molecule has 0 bridgehead atoms. The number of benzene rings is 5. The van der Waals surface area contributed by atoms with Gasteiger partial charge in [0.25, 0.3) is 0 Å². The molecular formula is C56H48N2. The molecule has 0 saturated carbocycles. The maximum absolute atomic E-state index is 4.65. The Bertz CT molecular complexity index is 2620. The van der Waals surface area contributed by atoms with Crippen molar-refractivity contribution in [1.82, 2.24) is 10.3 Å². The highest BCUT2D eigenvalue weighted by molar-refractivity contribution is 5.90. The number of hydrogen-bond acceptors (Lipinski definition) is 2. The van der Waals surface area contributed by atoms with Crippen LogP contribution in [-0.2, 0) is 5.41 Å². The number of aromatic nitrogens is 1. The third-order valence-corrected chi connectivity index (χ3v) is 13.1. The summed E-state index contributed by atoms with van der Waals surface area (Å²) in [5, 5.41) is 3.57. The standard InChI is InChI=1S/C56H48N2/c1-55(47-36-45(39-15-5-3-6-16-39)35-46(37-47)40-17-7-4-8-18-40)32-31-50-53(43-27-23-41(24-28-43)51-21-11-13-33-57-51)48-19-9-10-20-49(48)54(56(50,2)38-55)44-29-25-42(26-30-44)52-22-12-14-34-58-52/h3-25,27-29,31-37,52,54,58H,26,30,38H2,1-2H3. The molecule has 58 heavy (non-hydrogen) atoms. The van der Waals surface area contributed by atoms with Gasteiger partial charge in [-0.3, -0.25) is 4.98 Å². The van der Waals surface area contributed by atoms with E-state index < -0.39 is 0 Å². The lowest BCUT2D eigenvalue weighted by Gasteiger charge is -2.52. The minimum absolute atomic E-state index is 0.203. The maximum Gasteiger partial charge on any atom is 0.0701 e. The van der Waals surface area contributed by atoms with Gasteiger partial charge in [0.15, 0.2) is 0 Å². The van der Waals surface area contributed by atoms with Gasteiger partial charge in [0.2, 0.25) is 0 Å². The monoisotopic (exact) mass is 748 g/mol. The summed E-state index contributed by atoms with van der Waals surface area (Å²) in [4.78, 5) is 4.65. The first-order chi connectivity index (χ1) is 28.5. The zero-order chi connectivity index (χ0) is 39.1. The molecule has 0 fully saturated rings. The second-order valence-electron chi connectivity index (χ2n) is 16.8. The molecule has 1 N–H and O–H groups in total. The summed E-state index contributed by atoms with van der Waals surface area (Å²) in [5.74, 6) is 0.220. The van der Waals surface area contributed by atoms with Crippen molar-refractivity contribution in [3.8, 4) is 33.5 Å². The summed E-state index contributed by atoms with van der Waals surface area (Å²) >= 11 is 0. The summed E-state index contributed by atoms with van der Waals surface area (Å²) < 4.78 is 0. The van der Waals surface area contributed by atoms with E-state index in [0.717, 1.165) is 30.5 Å². The molecule has 4 aliphatic rings. The fourth-order valence-corrected chi connectivity index (χ4v) is 10.3. The summed E-state index contributed by atoms with van der Waals surface area (Å²) in [6.45, 7) is 5.05. The van der Waals surface area contributed by atoms with E-state index >= 15 is 0 Å². The van der Waals surface area contributed by atoms with E-state index in [1.807, 2.05) is 12.3 Å². The molecule has 2 heteroatoms. The number of allylic oxidation sites excluding steroid dienone is 8. The Hall–Kier alpha value is -6.51. The van der Waals surface area contributed by atoms with Gasteiger partial charge in [0.05, 0.1) is 11.7 Å². The predicted octanol–water partition coefficient (Wildman–Crippen LogP) is 13.6. The molecule has 2 heterocycles. The lowest BCUT2D eigenvalue weighted by Crippen LogP contribution is -2.42. The van der Waals surface area contributed by atoms with E-state index in [0.29, 0.717) is 0 Å². The molecule has 3 aliphatic carbocycles. The van der Waals surface area contributed by atoms with Gasteiger partial charge in [-0.15, -0.1) is 0 Å². The van der Waals surface area contributed by atoms with Crippen LogP contribution in [0.1, 0.15) is 61.3 Å². The highest BCUT2D eigenvalue weighted by atomic mass is 14.9. The Balaban J connectivity index is 1.16. The van der Waals surface area contributed by atoms with Crippen LogP contribution < -0.4 is 5.32 Å². The van der Waals surface area contributed by atoms with E-state index in [9.17, 15) is 0 Å². The second kappa shape index (κ2) is 14.8. The van der Waals surface area contributed by atoms with E-state index in [-0.39, 0.29) is 22.8 Å². The van der Waals surface area contributed by atoms with Gasteiger partial charge in [0.1, 0.15) is 0 Å². The second-order valence-corrected chi connectivity index (χ2v) is 16.8. The molecule has 4 atom stereocenters. The van der Waals surface area contributed by atoms with Gasteiger partial charge >= 0.3 is 0 Å². The van der Waals surface area contributed by atoms with E-state index in [1.165, 1.54) is 66.8 Å². The molecule has 0 spiro atoms. The average Bonchev–Trinajstić information content (AvgIpc) is 3.29. The largest absolute Gasteiger partial charge is 0.381 e. The fourth-order valence-electron chi connectivity index (χ4n) is 10.3. The first kappa shape index (κ1) is 35.9. The van der Waals surface area contributed by atoms with E-state index in [4.69, 9.17) is 0 Å². The number of hydrogen-bond donors (Lipinski definition) is 1. The molecule has 6 aromatic rings. The van der Waals surface area contributed by atoms with Crippen molar-refractivity contribution >= 4 is 5.57 Å². The zero-order valence-electron chi connectivity index (χ0n) is 33.3. The van der Waals surface area contributed by atoms with Crippen LogP contribution in [0, 0.1) is 5.41 Å². The SMILES string of the molecule is CC1(c2cc(-c3ccccc3)cc(-c3ccccc3)c2)C=CC2=C(c3ccc(-c4ccccn4)cc3)c3ccccc3C(C3=CC=C(C4C=CC=CN4)CC3)C2(C)C1. The molecule has 5 aromatic carbocycles. The quantitative estimate of drug-likeness (QED) is 0.176. The Morgan fingerprint density at radius 3 is 1.91 bits per heavy atom. The lowest BCUT2D eigenvalue weighted by molar-refractivity contribution is 0.252. The normalized spacial score (nSPS) is 23.3. The minimum Gasteiger partial charge on any atom is -0.381 e. The molecule has 2 nitrogen and oxygen atoms in total. The predicted molar refractivity (Wildman–Crippen MR) is 242 cm³/mol. The number of nitrogens with one attached hydrogen (secondary N) is 1. The van der Waals surface area contributed by atoms with Crippen LogP contribution in [0.5, 0.6) is 0 Å². The Morgan fingerprint density at radius 1 is 0.603 bits per heavy atom. The summed E-state index contributed by atoms with van der Waals surface area (Å²) in [5.41, 5.74) is 17.8. The number of dihydropyridines is 1. The van der Waals surface area contributed by atoms with Crippen LogP contribution in [-0.4, -0.2) is 11.0 Å². The molecule has 1 aliphatic heterocycles. The Kier molecular flexibility index (Phi) is 9.14. The summed E-state index contributed by atoms with van der Waals surface area (Å²) in [7, 11) is 0. The molecule has 4 unspecified atom stereocenters. The van der Waals surface area contributed by atoms with Crippen LogP contribution in [0.3, 0.4) is 0 Å². The van der Waals surface area contributed by atoms with Crippen molar-refractivity contribution in [2.75, 3.05) is 0 Å². The van der Waals surface area contributed by atoms with Crippen LogP contribution in [0.4, 0.5) is 0 Å². The summed E-state index contributed by atoms with van der Waals surface area (Å²) in [6, 6.07) is 53.8. The van der Waals surface area contributed by atoms with Crippen LogP contribution in [0.2, 0.25) is 0 Å². The third kappa shape index (κ3) is 6.43. The van der Waals surface area contributed by atoms with Gasteiger partial charge in [-0.05, 0) is 111 Å². The first-order valence-electron chi connectivity index (χ1n) is 20.8. The molecular weight excluding hydrogens is 701 g/mol. The summed E-state index contributed by atoms with van der Waals surface area (Å²) in [6.07, 6.45) is 23.4. The van der Waals surface area contributed by atoms with Crippen molar-refractivity contribution < 1.29 is 0 Å². The average molecular weight is 749 g/mol. The number of fused-ring (bicyclic) bond motifs is 2. The highest BCUT2D eigenvalue weighted by Crippen LogP contribution is 2.63. The fraction of sp³-hybridized carbons (Fsp3) is 0.161. The maximum atomic E-state index is 4.65. The van der Waals surface area contributed by atoms with Crippen LogP contribution in [0.25, 0.3) is 39.1 Å². The van der Waals surface area contributed by atoms with Crippen molar-refractivity contribution in [2.24, 2.45) is 5.41 Å². The molecule has 0 saturated heterocycles. The molecule has 0 radical (unpaired) electrons. The van der Waals surface area contributed by atoms with Crippen LogP contribution >= 0.6 is 0 Å². The molecule has 0 amide bonds. The van der Waals surface area contributed by atoms with Crippen molar-refractivity contribution in [3.05, 3.63) is 239 Å². The van der Waals surface area contributed by atoms with Crippen molar-refractivity contribution in [2.45, 2.75) is 50.5 Å². The third-order valence-electron chi connectivity index (χ3n) is 13.1. The van der Waals surface area contributed by atoms with Gasteiger partial charge < -0.3 is 5.32 Å².